The topological polar surface area (TPSA) is 26.0 Å². The van der Waals surface area contributed by atoms with Crippen molar-refractivity contribution in [3.8, 4) is 0 Å². The summed E-state index contributed by atoms with van der Waals surface area (Å²) in [5.41, 5.74) is 10.6. The van der Waals surface area contributed by atoms with Gasteiger partial charge in [-0.3, -0.25) is 0 Å². The van der Waals surface area contributed by atoms with Crippen molar-refractivity contribution in [3.63, 3.8) is 0 Å². The highest BCUT2D eigenvalue weighted by molar-refractivity contribution is 5.39. The van der Waals surface area contributed by atoms with Crippen molar-refractivity contribution in [2.45, 2.75) is 65.3 Å². The normalized spacial score (nSPS) is 13.4. The third kappa shape index (κ3) is 3.57. The van der Waals surface area contributed by atoms with Gasteiger partial charge in [0.2, 0.25) is 0 Å². The van der Waals surface area contributed by atoms with E-state index in [0.717, 1.165) is 12.8 Å². The van der Waals surface area contributed by atoms with E-state index in [-0.39, 0.29) is 6.04 Å². The molecule has 17 heavy (non-hydrogen) atoms. The Morgan fingerprint density at radius 1 is 1.00 bits per heavy atom. The molecule has 96 valence electrons. The van der Waals surface area contributed by atoms with Crippen molar-refractivity contribution in [3.05, 3.63) is 34.9 Å². The van der Waals surface area contributed by atoms with Crippen LogP contribution in [0.3, 0.4) is 0 Å². The molecule has 0 bridgehead atoms. The fraction of sp³-hybridized carbons (Fsp3) is 0.625. The van der Waals surface area contributed by atoms with Crippen molar-refractivity contribution in [1.82, 2.24) is 0 Å². The molecular weight excluding hydrogens is 206 g/mol. The summed E-state index contributed by atoms with van der Waals surface area (Å²) in [7, 11) is 0. The Morgan fingerprint density at radius 2 is 1.47 bits per heavy atom. The molecule has 1 nitrogen and oxygen atoms in total. The molecule has 0 aliphatic heterocycles. The second kappa shape index (κ2) is 6.20. The zero-order valence-corrected chi connectivity index (χ0v) is 12.0. The molecule has 1 aromatic carbocycles. The lowest BCUT2D eigenvalue weighted by Gasteiger charge is -2.21. The van der Waals surface area contributed by atoms with Gasteiger partial charge in [0.1, 0.15) is 0 Å². The summed E-state index contributed by atoms with van der Waals surface area (Å²) < 4.78 is 0. The van der Waals surface area contributed by atoms with E-state index in [2.05, 4.69) is 52.8 Å². The lowest BCUT2D eigenvalue weighted by molar-refractivity contribution is 0.631. The highest BCUT2D eigenvalue weighted by atomic mass is 14.6. The molecule has 0 amide bonds. The number of rotatable bonds is 5. The monoisotopic (exact) mass is 233 g/mol. The largest absolute Gasteiger partial charge is 0.327 e. The summed E-state index contributed by atoms with van der Waals surface area (Å²) in [6.45, 7) is 11.2. The minimum absolute atomic E-state index is 0.285. The quantitative estimate of drug-likeness (QED) is 0.810. The van der Waals surface area contributed by atoms with Crippen LogP contribution in [0.25, 0.3) is 0 Å². The van der Waals surface area contributed by atoms with Crippen LogP contribution in [-0.2, 0) is 6.42 Å². The SMILES string of the molecule is CCC(N)Cc1c(C(C)C)cccc1C(C)C. The summed E-state index contributed by atoms with van der Waals surface area (Å²) in [6, 6.07) is 6.99. The minimum atomic E-state index is 0.285. The minimum Gasteiger partial charge on any atom is -0.327 e. The van der Waals surface area contributed by atoms with Crippen LogP contribution in [0, 0.1) is 0 Å². The van der Waals surface area contributed by atoms with E-state index >= 15 is 0 Å². The van der Waals surface area contributed by atoms with Gasteiger partial charge in [-0.2, -0.15) is 0 Å². The zero-order valence-electron chi connectivity index (χ0n) is 12.0. The Kier molecular flexibility index (Phi) is 5.20. The van der Waals surface area contributed by atoms with E-state index in [9.17, 15) is 0 Å². The molecule has 0 aliphatic rings. The molecule has 1 rings (SSSR count). The first-order valence-electron chi connectivity index (χ1n) is 6.84. The van der Waals surface area contributed by atoms with Crippen molar-refractivity contribution in [2.75, 3.05) is 0 Å². The number of nitrogens with two attached hydrogens (primary N) is 1. The maximum atomic E-state index is 6.14. The predicted octanol–water partition coefficient (Wildman–Crippen LogP) is 4.21. The third-order valence-corrected chi connectivity index (χ3v) is 3.48. The highest BCUT2D eigenvalue weighted by Gasteiger charge is 2.15. The second-order valence-electron chi connectivity index (χ2n) is 5.60. The molecule has 0 radical (unpaired) electrons. The fourth-order valence-electron chi connectivity index (χ4n) is 2.35. The average Bonchev–Trinajstić information content (AvgIpc) is 2.28. The molecule has 1 heteroatoms. The van der Waals surface area contributed by atoms with Crippen LogP contribution >= 0.6 is 0 Å². The molecule has 0 aliphatic carbocycles. The van der Waals surface area contributed by atoms with E-state index in [1.54, 1.807) is 0 Å². The molecule has 0 saturated carbocycles. The van der Waals surface area contributed by atoms with Gasteiger partial charge in [-0.1, -0.05) is 52.8 Å². The number of benzene rings is 1. The Morgan fingerprint density at radius 3 is 1.82 bits per heavy atom. The number of hydrogen-bond donors (Lipinski definition) is 1. The fourth-order valence-corrected chi connectivity index (χ4v) is 2.35. The Labute approximate surface area is 106 Å². The molecule has 2 N–H and O–H groups in total. The smallest absolute Gasteiger partial charge is 0.00769 e. The predicted molar refractivity (Wildman–Crippen MR) is 76.6 cm³/mol. The summed E-state index contributed by atoms with van der Waals surface area (Å²) in [6.07, 6.45) is 2.06. The van der Waals surface area contributed by atoms with E-state index in [0.29, 0.717) is 11.8 Å². The van der Waals surface area contributed by atoms with Crippen LogP contribution in [0.15, 0.2) is 18.2 Å². The van der Waals surface area contributed by atoms with Crippen LogP contribution in [0.1, 0.15) is 69.6 Å². The van der Waals surface area contributed by atoms with Gasteiger partial charge in [-0.25, -0.2) is 0 Å². The first-order valence-corrected chi connectivity index (χ1v) is 6.84. The molecule has 0 saturated heterocycles. The van der Waals surface area contributed by atoms with Crippen LogP contribution in [0.5, 0.6) is 0 Å². The molecule has 0 aromatic heterocycles. The molecule has 1 atom stereocenters. The van der Waals surface area contributed by atoms with Gasteiger partial charge < -0.3 is 5.73 Å². The van der Waals surface area contributed by atoms with Gasteiger partial charge >= 0.3 is 0 Å². The van der Waals surface area contributed by atoms with E-state index in [1.165, 1.54) is 16.7 Å². The molecule has 0 spiro atoms. The van der Waals surface area contributed by atoms with Crippen molar-refractivity contribution in [2.24, 2.45) is 5.73 Å². The lowest BCUT2D eigenvalue weighted by Crippen LogP contribution is -2.23. The molecule has 1 aromatic rings. The number of hydrogen-bond acceptors (Lipinski definition) is 1. The summed E-state index contributed by atoms with van der Waals surface area (Å²) in [5, 5.41) is 0. The Hall–Kier alpha value is -0.820. The Balaban J connectivity index is 3.18. The second-order valence-corrected chi connectivity index (χ2v) is 5.60. The average molecular weight is 233 g/mol. The van der Waals surface area contributed by atoms with Gasteiger partial charge in [0.25, 0.3) is 0 Å². The maximum Gasteiger partial charge on any atom is 0.00769 e. The third-order valence-electron chi connectivity index (χ3n) is 3.48. The van der Waals surface area contributed by atoms with Gasteiger partial charge in [0.15, 0.2) is 0 Å². The van der Waals surface area contributed by atoms with Crippen molar-refractivity contribution in [1.29, 1.82) is 0 Å². The van der Waals surface area contributed by atoms with E-state index in [4.69, 9.17) is 5.73 Å². The van der Waals surface area contributed by atoms with Crippen LogP contribution in [0.4, 0.5) is 0 Å². The highest BCUT2D eigenvalue weighted by Crippen LogP contribution is 2.28. The maximum absolute atomic E-state index is 6.14. The molecule has 0 heterocycles. The molecule has 0 fully saturated rings. The van der Waals surface area contributed by atoms with Crippen LogP contribution < -0.4 is 5.73 Å². The molecule has 1 unspecified atom stereocenters. The standard InChI is InChI=1S/C16H27N/c1-6-13(17)10-16-14(11(2)3)8-7-9-15(16)12(4)5/h7-9,11-13H,6,10,17H2,1-5H3. The summed E-state index contributed by atoms with van der Waals surface area (Å²) >= 11 is 0. The molecular formula is C16H27N. The van der Waals surface area contributed by atoms with Crippen molar-refractivity contribution < 1.29 is 0 Å². The van der Waals surface area contributed by atoms with Gasteiger partial charge in [0, 0.05) is 6.04 Å². The van der Waals surface area contributed by atoms with Gasteiger partial charge in [0.05, 0.1) is 0 Å². The van der Waals surface area contributed by atoms with Crippen molar-refractivity contribution >= 4 is 0 Å². The van der Waals surface area contributed by atoms with Gasteiger partial charge in [-0.15, -0.1) is 0 Å². The van der Waals surface area contributed by atoms with E-state index < -0.39 is 0 Å². The lowest BCUT2D eigenvalue weighted by atomic mass is 9.85. The summed E-state index contributed by atoms with van der Waals surface area (Å²) in [5.74, 6) is 1.15. The van der Waals surface area contributed by atoms with Crippen LogP contribution in [-0.4, -0.2) is 6.04 Å². The van der Waals surface area contributed by atoms with E-state index in [1.807, 2.05) is 0 Å². The first-order chi connectivity index (χ1) is 7.97. The zero-order chi connectivity index (χ0) is 13.0. The first kappa shape index (κ1) is 14.2. The van der Waals surface area contributed by atoms with Crippen LogP contribution in [0.2, 0.25) is 0 Å². The van der Waals surface area contributed by atoms with Gasteiger partial charge in [-0.05, 0) is 41.4 Å². The summed E-state index contributed by atoms with van der Waals surface area (Å²) in [4.78, 5) is 0. The Bertz CT molecular complexity index is 326.